The van der Waals surface area contributed by atoms with Crippen LogP contribution in [0, 0.1) is 0 Å². The number of aromatic nitrogens is 2. The lowest BCUT2D eigenvalue weighted by atomic mass is 10.0. The van der Waals surface area contributed by atoms with E-state index in [0.717, 1.165) is 43.3 Å². The lowest BCUT2D eigenvalue weighted by Gasteiger charge is -2.32. The zero-order valence-corrected chi connectivity index (χ0v) is 18.8. The zero-order chi connectivity index (χ0) is 21.5. The highest BCUT2D eigenvalue weighted by Gasteiger charge is 2.32. The fourth-order valence-corrected chi connectivity index (χ4v) is 5.12. The van der Waals surface area contributed by atoms with Gasteiger partial charge in [0.05, 0.1) is 15.9 Å². The maximum atomic E-state index is 12.5. The van der Waals surface area contributed by atoms with Gasteiger partial charge in [-0.3, -0.25) is 4.79 Å². The van der Waals surface area contributed by atoms with Gasteiger partial charge in [0.2, 0.25) is 15.9 Å². The second-order valence-corrected chi connectivity index (χ2v) is 10.8. The molecule has 2 fully saturated rings. The maximum Gasteiger partial charge on any atom is 0.242 e. The summed E-state index contributed by atoms with van der Waals surface area (Å²) in [7, 11) is 1.42. The van der Waals surface area contributed by atoms with Crippen LogP contribution in [0.15, 0.2) is 23.1 Å². The smallest absolute Gasteiger partial charge is 0.242 e. The normalized spacial score (nSPS) is 18.9. The summed E-state index contributed by atoms with van der Waals surface area (Å²) in [6.45, 7) is 2.16. The number of amides is 1. The third-order valence-corrected chi connectivity index (χ3v) is 8.07. The molecular formula is C21H31N5O3S. The summed E-state index contributed by atoms with van der Waals surface area (Å²) >= 11 is 0. The zero-order valence-electron chi connectivity index (χ0n) is 18.0. The molecule has 1 saturated carbocycles. The van der Waals surface area contributed by atoms with E-state index in [4.69, 9.17) is 0 Å². The molecule has 1 amide bonds. The van der Waals surface area contributed by atoms with E-state index in [9.17, 15) is 13.2 Å². The third kappa shape index (κ3) is 4.38. The van der Waals surface area contributed by atoms with Gasteiger partial charge in [-0.15, -0.1) is 0 Å². The Kier molecular flexibility index (Phi) is 5.87. The van der Waals surface area contributed by atoms with Crippen LogP contribution in [0.1, 0.15) is 37.9 Å². The van der Waals surface area contributed by atoms with Gasteiger partial charge in [-0.1, -0.05) is 0 Å². The number of likely N-dealkylation sites (tertiary alicyclic amines) is 1. The molecule has 1 aliphatic carbocycles. The van der Waals surface area contributed by atoms with Gasteiger partial charge in [0.1, 0.15) is 5.82 Å². The van der Waals surface area contributed by atoms with Crippen molar-refractivity contribution in [3.63, 3.8) is 0 Å². The molecule has 30 heavy (non-hydrogen) atoms. The topological polar surface area (TPSA) is 87.5 Å². The Morgan fingerprint density at radius 1 is 1.20 bits per heavy atom. The van der Waals surface area contributed by atoms with Gasteiger partial charge in [0.15, 0.2) is 0 Å². The number of sulfonamides is 1. The summed E-state index contributed by atoms with van der Waals surface area (Å²) < 4.78 is 27.9. The molecule has 2 aliphatic rings. The number of benzene rings is 1. The number of rotatable bonds is 7. The fourth-order valence-electron chi connectivity index (χ4n) is 4.20. The van der Waals surface area contributed by atoms with Gasteiger partial charge in [-0.2, -0.15) is 0 Å². The molecule has 1 N–H and O–H groups in total. The van der Waals surface area contributed by atoms with Crippen molar-refractivity contribution >= 4 is 27.0 Å². The van der Waals surface area contributed by atoms with Crippen molar-refractivity contribution in [1.82, 2.24) is 24.1 Å². The van der Waals surface area contributed by atoms with E-state index in [0.29, 0.717) is 18.4 Å². The second-order valence-electron chi connectivity index (χ2n) is 8.63. The highest BCUT2D eigenvalue weighted by molar-refractivity contribution is 7.89. The largest absolute Gasteiger partial charge is 0.353 e. The molecule has 0 unspecified atom stereocenters. The molecule has 0 spiro atoms. The summed E-state index contributed by atoms with van der Waals surface area (Å²) in [6, 6.07) is 6.04. The molecule has 2 aromatic rings. The predicted molar refractivity (Wildman–Crippen MR) is 116 cm³/mol. The van der Waals surface area contributed by atoms with Crippen molar-refractivity contribution in [1.29, 1.82) is 0 Å². The van der Waals surface area contributed by atoms with Crippen molar-refractivity contribution < 1.29 is 13.2 Å². The number of hydrogen-bond acceptors (Lipinski definition) is 5. The number of carbonyl (C=O) groups excluding carboxylic acids is 1. The number of aryl methyl sites for hydroxylation is 2. The van der Waals surface area contributed by atoms with Crippen molar-refractivity contribution in [2.75, 3.05) is 27.2 Å². The van der Waals surface area contributed by atoms with Gasteiger partial charge in [0, 0.05) is 59.2 Å². The van der Waals surface area contributed by atoms with Crippen LogP contribution in [-0.2, 0) is 28.3 Å². The molecule has 0 bridgehead atoms. The summed E-state index contributed by atoms with van der Waals surface area (Å²) in [5, 5.41) is 3.18. The number of nitrogens with one attached hydrogen (secondary N) is 1. The first-order valence-electron chi connectivity index (χ1n) is 10.7. The highest BCUT2D eigenvalue weighted by Crippen LogP contribution is 2.29. The fraction of sp³-hybridized carbons (Fsp3) is 0.619. The maximum absolute atomic E-state index is 12.5. The Morgan fingerprint density at radius 2 is 1.90 bits per heavy atom. The van der Waals surface area contributed by atoms with Crippen molar-refractivity contribution in [2.45, 2.75) is 55.5 Å². The van der Waals surface area contributed by atoms with Crippen molar-refractivity contribution in [2.24, 2.45) is 7.05 Å². The summed E-state index contributed by atoms with van der Waals surface area (Å²) in [4.78, 5) is 19.8. The van der Waals surface area contributed by atoms with Crippen LogP contribution in [0.4, 0.5) is 0 Å². The van der Waals surface area contributed by atoms with E-state index in [1.54, 1.807) is 18.2 Å². The molecular weight excluding hydrogens is 402 g/mol. The van der Waals surface area contributed by atoms with Crippen LogP contribution < -0.4 is 5.32 Å². The quantitative estimate of drug-likeness (QED) is 0.715. The molecule has 4 rings (SSSR count). The third-order valence-electron chi connectivity index (χ3n) is 6.26. The van der Waals surface area contributed by atoms with E-state index in [1.807, 2.05) is 11.6 Å². The first kappa shape index (κ1) is 21.3. The molecule has 164 valence electrons. The van der Waals surface area contributed by atoms with E-state index < -0.39 is 10.0 Å². The molecule has 1 aliphatic heterocycles. The Morgan fingerprint density at radius 3 is 2.53 bits per heavy atom. The lowest BCUT2D eigenvalue weighted by Crippen LogP contribution is -2.45. The van der Waals surface area contributed by atoms with Gasteiger partial charge in [-0.25, -0.2) is 17.7 Å². The van der Waals surface area contributed by atoms with Crippen LogP contribution in [0.3, 0.4) is 0 Å². The number of piperidine rings is 1. The van der Waals surface area contributed by atoms with E-state index in [2.05, 4.69) is 15.2 Å². The van der Waals surface area contributed by atoms with Gasteiger partial charge < -0.3 is 14.8 Å². The van der Waals surface area contributed by atoms with Crippen LogP contribution >= 0.6 is 0 Å². The minimum Gasteiger partial charge on any atom is -0.353 e. The number of imidazole rings is 1. The van der Waals surface area contributed by atoms with Crippen molar-refractivity contribution in [3.8, 4) is 0 Å². The average Bonchev–Trinajstić information content (AvgIpc) is 3.51. The molecule has 9 heteroatoms. The monoisotopic (exact) mass is 433 g/mol. The number of nitrogens with zero attached hydrogens (tertiary/aromatic N) is 4. The number of carbonyl (C=O) groups is 1. The second kappa shape index (κ2) is 8.28. The Balaban J connectivity index is 1.36. The summed E-state index contributed by atoms with van der Waals surface area (Å²) in [5.41, 5.74) is 1.49. The van der Waals surface area contributed by atoms with Crippen molar-refractivity contribution in [3.05, 3.63) is 24.0 Å². The van der Waals surface area contributed by atoms with E-state index in [1.165, 1.54) is 31.2 Å². The molecule has 2 heterocycles. The first-order valence-corrected chi connectivity index (χ1v) is 12.1. The van der Waals surface area contributed by atoms with E-state index in [-0.39, 0.29) is 16.8 Å². The van der Waals surface area contributed by atoms with Gasteiger partial charge in [-0.05, 0) is 43.9 Å². The molecule has 0 atom stereocenters. The highest BCUT2D eigenvalue weighted by atomic mass is 32.2. The van der Waals surface area contributed by atoms with Crippen LogP contribution in [-0.4, -0.2) is 72.3 Å². The Hall–Kier alpha value is -1.97. The minimum absolute atomic E-state index is 0.0582. The molecule has 8 nitrogen and oxygen atoms in total. The minimum atomic E-state index is -3.50. The lowest BCUT2D eigenvalue weighted by molar-refractivity contribution is -0.122. The Bertz CT molecular complexity index is 1030. The molecule has 1 aromatic heterocycles. The average molecular weight is 434 g/mol. The summed E-state index contributed by atoms with van der Waals surface area (Å²) in [5.74, 6) is 0.839. The Labute approximate surface area is 178 Å². The van der Waals surface area contributed by atoms with Crippen LogP contribution in [0.5, 0.6) is 0 Å². The predicted octanol–water partition coefficient (Wildman–Crippen LogP) is 1.50. The van der Waals surface area contributed by atoms with Gasteiger partial charge in [0.25, 0.3) is 0 Å². The van der Waals surface area contributed by atoms with E-state index >= 15 is 0 Å². The SMILES string of the molecule is CN(C)S(=O)(=O)c1ccc2c(c1)nc(CCC(=O)NC1CCN(C3CC3)CC1)n2C. The first-order chi connectivity index (χ1) is 14.3. The molecule has 1 saturated heterocycles. The number of fused-ring (bicyclic) bond motifs is 1. The molecule has 0 radical (unpaired) electrons. The number of hydrogen-bond donors (Lipinski definition) is 1. The summed E-state index contributed by atoms with van der Waals surface area (Å²) in [6.07, 6.45) is 5.61. The molecule has 1 aromatic carbocycles. The standard InChI is InChI=1S/C21H31N5O3S/c1-24(2)30(28,29)17-6-7-19-18(14-17)23-20(25(19)3)8-9-21(27)22-15-10-12-26(13-11-15)16-4-5-16/h6-7,14-16H,4-5,8-13H2,1-3H3,(H,22,27). The van der Waals surface area contributed by atoms with Gasteiger partial charge >= 0.3 is 0 Å². The van der Waals surface area contributed by atoms with Crippen LogP contribution in [0.25, 0.3) is 11.0 Å². The van der Waals surface area contributed by atoms with Crippen LogP contribution in [0.2, 0.25) is 0 Å².